The maximum atomic E-state index is 8.79. The average molecular weight is 311 g/mol. The first-order chi connectivity index (χ1) is 10.3. The van der Waals surface area contributed by atoms with E-state index in [1.807, 2.05) is 24.3 Å². The van der Waals surface area contributed by atoms with Crippen LogP contribution in [0.2, 0.25) is 0 Å². The monoisotopic (exact) mass is 311 g/mol. The minimum atomic E-state index is 0.689. The third-order valence-electron chi connectivity index (χ3n) is 2.91. The number of benzene rings is 2. The second-order valence-electron chi connectivity index (χ2n) is 4.42. The van der Waals surface area contributed by atoms with Gasteiger partial charge in [0.1, 0.15) is 0 Å². The highest BCUT2D eigenvalue weighted by atomic mass is 32.2. The van der Waals surface area contributed by atoms with Crippen molar-refractivity contribution in [2.75, 3.05) is 17.6 Å². The summed E-state index contributed by atoms with van der Waals surface area (Å²) >= 11 is 3.44. The molecule has 2 aromatic rings. The van der Waals surface area contributed by atoms with E-state index < -0.39 is 0 Å². The van der Waals surface area contributed by atoms with Gasteiger partial charge in [-0.05, 0) is 48.5 Å². The fraction of sp³-hybridized carbons (Fsp3) is 0.125. The lowest BCUT2D eigenvalue weighted by atomic mass is 10.2. The van der Waals surface area contributed by atoms with Gasteiger partial charge in [-0.3, -0.25) is 4.99 Å². The summed E-state index contributed by atoms with van der Waals surface area (Å²) < 4.78 is 0. The molecule has 0 atom stereocenters. The zero-order valence-electron chi connectivity index (χ0n) is 11.2. The lowest BCUT2D eigenvalue weighted by Crippen LogP contribution is -2.04. The van der Waals surface area contributed by atoms with E-state index in [-0.39, 0.29) is 0 Å². The molecule has 1 heterocycles. The van der Waals surface area contributed by atoms with Crippen molar-refractivity contribution in [1.29, 1.82) is 5.26 Å². The normalized spacial score (nSPS) is 13.6. The Bertz CT molecular complexity index is 685. The Morgan fingerprint density at radius 3 is 2.29 bits per heavy atom. The Morgan fingerprint density at radius 1 is 1.05 bits per heavy atom. The second-order valence-corrected chi connectivity index (χ2v) is 6.65. The van der Waals surface area contributed by atoms with Gasteiger partial charge in [-0.1, -0.05) is 23.5 Å². The molecule has 21 heavy (non-hydrogen) atoms. The molecule has 2 aromatic carbocycles. The first-order valence-corrected chi connectivity index (χ1v) is 8.36. The molecule has 0 unspecified atom stereocenters. The van der Waals surface area contributed by atoms with Crippen molar-refractivity contribution in [3.8, 4) is 6.07 Å². The average Bonchev–Trinajstić information content (AvgIpc) is 3.03. The minimum Gasteiger partial charge on any atom is -0.335 e. The van der Waals surface area contributed by atoms with Gasteiger partial charge in [-0.2, -0.15) is 5.26 Å². The number of thioether (sulfide) groups is 1. The Morgan fingerprint density at radius 2 is 1.71 bits per heavy atom. The van der Waals surface area contributed by atoms with Crippen molar-refractivity contribution in [3.63, 3.8) is 0 Å². The summed E-state index contributed by atoms with van der Waals surface area (Å²) in [6, 6.07) is 18.1. The van der Waals surface area contributed by atoms with E-state index >= 15 is 0 Å². The van der Waals surface area contributed by atoms with Crippen LogP contribution in [0.15, 0.2) is 63.3 Å². The number of hydrogen-bond acceptors (Lipinski definition) is 5. The van der Waals surface area contributed by atoms with Crippen molar-refractivity contribution >= 4 is 34.4 Å². The molecule has 3 rings (SSSR count). The maximum absolute atomic E-state index is 8.79. The van der Waals surface area contributed by atoms with Crippen LogP contribution in [0.5, 0.6) is 0 Å². The van der Waals surface area contributed by atoms with E-state index in [0.717, 1.165) is 28.0 Å². The van der Waals surface area contributed by atoms with E-state index in [4.69, 9.17) is 5.26 Å². The van der Waals surface area contributed by atoms with Crippen LogP contribution in [0, 0.1) is 11.3 Å². The van der Waals surface area contributed by atoms with Gasteiger partial charge in [0.25, 0.3) is 0 Å². The van der Waals surface area contributed by atoms with Gasteiger partial charge in [-0.15, -0.1) is 0 Å². The molecule has 0 saturated carbocycles. The number of amidine groups is 1. The number of aliphatic imine (C=N–C) groups is 1. The summed E-state index contributed by atoms with van der Waals surface area (Å²) in [4.78, 5) is 6.68. The van der Waals surface area contributed by atoms with Crippen LogP contribution in [0.4, 0.5) is 5.69 Å². The molecule has 3 nitrogen and oxygen atoms in total. The maximum Gasteiger partial charge on any atom is 0.161 e. The van der Waals surface area contributed by atoms with Crippen molar-refractivity contribution in [2.45, 2.75) is 9.79 Å². The molecular weight excluding hydrogens is 298 g/mol. The number of hydrogen-bond donors (Lipinski definition) is 1. The second kappa shape index (κ2) is 6.70. The standard InChI is InChI=1S/C16H13N3S2/c17-11-12-1-5-14(6-2-12)21-15-7-3-13(4-8-15)19-16-18-9-10-20-16/h1-8H,9-10H2,(H,18,19). The molecular formula is C16H13N3S2. The van der Waals surface area contributed by atoms with Crippen molar-refractivity contribution in [1.82, 2.24) is 0 Å². The SMILES string of the molecule is N#Cc1ccc(Sc2ccc(NC3=NCCS3)cc2)cc1. The molecule has 0 saturated heterocycles. The summed E-state index contributed by atoms with van der Waals surface area (Å²) in [6.45, 7) is 0.902. The lowest BCUT2D eigenvalue weighted by Gasteiger charge is -2.06. The smallest absolute Gasteiger partial charge is 0.161 e. The first-order valence-electron chi connectivity index (χ1n) is 6.56. The van der Waals surface area contributed by atoms with Gasteiger partial charge >= 0.3 is 0 Å². The van der Waals surface area contributed by atoms with Crippen LogP contribution >= 0.6 is 23.5 Å². The van der Waals surface area contributed by atoms with Gasteiger partial charge in [0, 0.05) is 21.2 Å². The third-order valence-corrected chi connectivity index (χ3v) is 4.82. The Labute approximate surface area is 132 Å². The number of nitrogens with zero attached hydrogens (tertiary/aromatic N) is 2. The van der Waals surface area contributed by atoms with Crippen molar-refractivity contribution < 1.29 is 0 Å². The molecule has 0 aromatic heterocycles. The molecule has 1 N–H and O–H groups in total. The third kappa shape index (κ3) is 3.81. The first kappa shape index (κ1) is 14.1. The van der Waals surface area contributed by atoms with Gasteiger partial charge in [0.15, 0.2) is 5.17 Å². The fourth-order valence-electron chi connectivity index (χ4n) is 1.87. The fourth-order valence-corrected chi connectivity index (χ4v) is 3.44. The Kier molecular flexibility index (Phi) is 4.49. The van der Waals surface area contributed by atoms with Gasteiger partial charge in [0.2, 0.25) is 0 Å². The summed E-state index contributed by atoms with van der Waals surface area (Å²) in [5.74, 6) is 1.06. The molecule has 0 radical (unpaired) electrons. The quantitative estimate of drug-likeness (QED) is 0.922. The van der Waals surface area contributed by atoms with E-state index in [1.165, 1.54) is 4.90 Å². The predicted octanol–water partition coefficient (Wildman–Crippen LogP) is 4.22. The molecule has 104 valence electrons. The number of rotatable bonds is 3. The molecule has 0 bridgehead atoms. The number of nitrogens with one attached hydrogen (secondary N) is 1. The van der Waals surface area contributed by atoms with Gasteiger partial charge < -0.3 is 5.32 Å². The zero-order chi connectivity index (χ0) is 14.5. The predicted molar refractivity (Wildman–Crippen MR) is 90.1 cm³/mol. The van der Waals surface area contributed by atoms with Gasteiger partial charge in [-0.25, -0.2) is 0 Å². The van der Waals surface area contributed by atoms with Crippen LogP contribution in [0.1, 0.15) is 5.56 Å². The molecule has 1 aliphatic rings. The van der Waals surface area contributed by atoms with Gasteiger partial charge in [0.05, 0.1) is 18.2 Å². The highest BCUT2D eigenvalue weighted by Gasteiger charge is 2.06. The molecule has 1 aliphatic heterocycles. The van der Waals surface area contributed by atoms with Crippen molar-refractivity contribution in [2.24, 2.45) is 4.99 Å². The Balaban J connectivity index is 1.64. The van der Waals surface area contributed by atoms with Crippen LogP contribution in [0.25, 0.3) is 0 Å². The minimum absolute atomic E-state index is 0.689. The molecule has 5 heteroatoms. The van der Waals surface area contributed by atoms with Crippen LogP contribution in [-0.2, 0) is 0 Å². The highest BCUT2D eigenvalue weighted by molar-refractivity contribution is 8.14. The molecule has 0 aliphatic carbocycles. The number of anilines is 1. The molecule has 0 amide bonds. The largest absolute Gasteiger partial charge is 0.335 e. The summed E-state index contributed by atoms with van der Waals surface area (Å²) in [5, 5.41) is 13.1. The van der Waals surface area contributed by atoms with E-state index in [1.54, 1.807) is 23.5 Å². The summed E-state index contributed by atoms with van der Waals surface area (Å²) in [6.07, 6.45) is 0. The molecule has 0 fully saturated rings. The topological polar surface area (TPSA) is 48.2 Å². The Hall–Kier alpha value is -1.90. The zero-order valence-corrected chi connectivity index (χ0v) is 12.9. The van der Waals surface area contributed by atoms with E-state index in [0.29, 0.717) is 5.56 Å². The highest BCUT2D eigenvalue weighted by Crippen LogP contribution is 2.29. The summed E-state index contributed by atoms with van der Waals surface area (Å²) in [5.41, 5.74) is 1.75. The van der Waals surface area contributed by atoms with Crippen LogP contribution in [0.3, 0.4) is 0 Å². The number of nitriles is 1. The summed E-state index contributed by atoms with van der Waals surface area (Å²) in [7, 11) is 0. The van der Waals surface area contributed by atoms with E-state index in [2.05, 4.69) is 40.6 Å². The van der Waals surface area contributed by atoms with Crippen molar-refractivity contribution in [3.05, 3.63) is 54.1 Å². The van der Waals surface area contributed by atoms with Crippen LogP contribution < -0.4 is 5.32 Å². The van der Waals surface area contributed by atoms with E-state index in [9.17, 15) is 0 Å². The molecule has 0 spiro atoms. The van der Waals surface area contributed by atoms with Crippen LogP contribution in [-0.4, -0.2) is 17.5 Å². The lowest BCUT2D eigenvalue weighted by molar-refractivity contribution is 1.17.